The van der Waals surface area contributed by atoms with Crippen molar-refractivity contribution in [1.82, 2.24) is 4.98 Å². The lowest BCUT2D eigenvalue weighted by Crippen LogP contribution is -2.03. The molecular weight excluding hydrogens is 254 g/mol. The molecule has 2 rings (SSSR count). The van der Waals surface area contributed by atoms with E-state index in [-0.39, 0.29) is 22.9 Å². The Morgan fingerprint density at radius 3 is 2.44 bits per heavy atom. The summed E-state index contributed by atoms with van der Waals surface area (Å²) in [6.45, 7) is 0. The van der Waals surface area contributed by atoms with E-state index in [0.29, 0.717) is 10.9 Å². The summed E-state index contributed by atoms with van der Waals surface area (Å²) < 4.78 is 30.5. The minimum atomic E-state index is -4.20. The van der Waals surface area contributed by atoms with Crippen LogP contribution in [0.25, 0.3) is 10.9 Å². The molecule has 7 heteroatoms. The molecular formula is C9H8ClNO4S. The predicted octanol–water partition coefficient (Wildman–Crippen LogP) is 1.20. The molecule has 1 aromatic carbocycles. The highest BCUT2D eigenvalue weighted by molar-refractivity contribution is 7.85. The Bertz CT molecular complexity index is 677. The Morgan fingerprint density at radius 2 is 1.81 bits per heavy atom. The zero-order valence-corrected chi connectivity index (χ0v) is 9.51. The van der Waals surface area contributed by atoms with Gasteiger partial charge in [0.25, 0.3) is 10.1 Å². The van der Waals surface area contributed by atoms with Crippen LogP contribution in [0.4, 0.5) is 0 Å². The maximum Gasteiger partial charge on any atom is 0.294 e. The van der Waals surface area contributed by atoms with E-state index < -0.39 is 10.1 Å². The van der Waals surface area contributed by atoms with Gasteiger partial charge < -0.3 is 4.98 Å². The van der Waals surface area contributed by atoms with Gasteiger partial charge in [-0.05, 0) is 29.7 Å². The van der Waals surface area contributed by atoms with Crippen molar-refractivity contribution in [3.63, 3.8) is 0 Å². The van der Waals surface area contributed by atoms with Crippen molar-refractivity contribution < 1.29 is 13.0 Å². The quantitative estimate of drug-likeness (QED) is 0.755. The topological polar surface area (TPSA) is 87.2 Å². The van der Waals surface area contributed by atoms with E-state index in [1.807, 2.05) is 0 Å². The van der Waals surface area contributed by atoms with Gasteiger partial charge >= 0.3 is 0 Å². The average molecular weight is 262 g/mol. The van der Waals surface area contributed by atoms with E-state index in [0.717, 1.165) is 0 Å². The van der Waals surface area contributed by atoms with Crippen LogP contribution in [0.2, 0.25) is 0 Å². The summed E-state index contributed by atoms with van der Waals surface area (Å²) in [6, 6.07) is 6.73. The van der Waals surface area contributed by atoms with E-state index in [4.69, 9.17) is 4.55 Å². The highest BCUT2D eigenvalue weighted by Gasteiger charge is 2.09. The molecule has 1 heterocycles. The molecule has 0 aliphatic heterocycles. The molecule has 0 aliphatic carbocycles. The molecule has 0 saturated carbocycles. The fraction of sp³-hybridized carbons (Fsp3) is 0. The third kappa shape index (κ3) is 2.41. The summed E-state index contributed by atoms with van der Waals surface area (Å²) in [5.74, 6) is 0. The van der Waals surface area contributed by atoms with Crippen LogP contribution in [0.1, 0.15) is 0 Å². The van der Waals surface area contributed by atoms with Crippen LogP contribution < -0.4 is 5.56 Å². The average Bonchev–Trinajstić information content (AvgIpc) is 2.15. The van der Waals surface area contributed by atoms with Crippen molar-refractivity contribution in [3.8, 4) is 0 Å². The van der Waals surface area contributed by atoms with Gasteiger partial charge in [-0.3, -0.25) is 9.35 Å². The highest BCUT2D eigenvalue weighted by atomic mass is 35.5. The van der Waals surface area contributed by atoms with Gasteiger partial charge in [0.2, 0.25) is 5.56 Å². The second-order valence-electron chi connectivity index (χ2n) is 3.05. The van der Waals surface area contributed by atoms with Crippen LogP contribution in [0, 0.1) is 0 Å². The number of hydrogen-bond acceptors (Lipinski definition) is 3. The number of halogens is 1. The lowest BCUT2D eigenvalue weighted by molar-refractivity contribution is 0.483. The van der Waals surface area contributed by atoms with Crippen molar-refractivity contribution in [2.45, 2.75) is 4.90 Å². The summed E-state index contributed by atoms with van der Waals surface area (Å²) >= 11 is 0. The molecule has 0 unspecified atom stereocenters. The molecule has 0 saturated heterocycles. The summed E-state index contributed by atoms with van der Waals surface area (Å²) in [5, 5.41) is 0.546. The largest absolute Gasteiger partial charge is 0.322 e. The first-order valence-electron chi connectivity index (χ1n) is 4.07. The lowest BCUT2D eigenvalue weighted by Gasteiger charge is -1.99. The van der Waals surface area contributed by atoms with Gasteiger partial charge in [0.15, 0.2) is 0 Å². The molecule has 0 radical (unpaired) electrons. The van der Waals surface area contributed by atoms with E-state index in [1.165, 1.54) is 30.3 Å². The molecule has 2 aromatic rings. The third-order valence-electron chi connectivity index (χ3n) is 1.99. The first kappa shape index (κ1) is 12.7. The zero-order valence-electron chi connectivity index (χ0n) is 7.88. The number of hydrogen-bond donors (Lipinski definition) is 2. The molecule has 0 atom stereocenters. The second kappa shape index (κ2) is 4.25. The Labute approximate surface area is 97.3 Å². The van der Waals surface area contributed by atoms with Gasteiger partial charge in [0.05, 0.1) is 4.90 Å². The van der Waals surface area contributed by atoms with Crippen LogP contribution in [0.15, 0.2) is 40.0 Å². The van der Waals surface area contributed by atoms with Gasteiger partial charge in [-0.15, -0.1) is 12.4 Å². The van der Waals surface area contributed by atoms with Crippen molar-refractivity contribution in [3.05, 3.63) is 40.7 Å². The SMILES string of the molecule is Cl.O=c1ccc2cc(S(=O)(=O)O)ccc2[nH]1. The number of nitrogens with one attached hydrogen (secondary N) is 1. The Morgan fingerprint density at radius 1 is 1.12 bits per heavy atom. The van der Waals surface area contributed by atoms with Gasteiger partial charge in [0.1, 0.15) is 0 Å². The molecule has 16 heavy (non-hydrogen) atoms. The van der Waals surface area contributed by atoms with Crippen LogP contribution >= 0.6 is 12.4 Å². The van der Waals surface area contributed by atoms with Gasteiger partial charge in [-0.25, -0.2) is 0 Å². The van der Waals surface area contributed by atoms with Crippen LogP contribution in [-0.2, 0) is 10.1 Å². The molecule has 0 amide bonds. The number of fused-ring (bicyclic) bond motifs is 1. The number of aromatic nitrogens is 1. The summed E-state index contributed by atoms with van der Waals surface area (Å²) in [7, 11) is -4.20. The van der Waals surface area contributed by atoms with Crippen LogP contribution in [0.5, 0.6) is 0 Å². The summed E-state index contributed by atoms with van der Waals surface area (Å²) in [6.07, 6.45) is 0. The molecule has 2 N–H and O–H groups in total. The Kier molecular flexibility index (Phi) is 3.37. The van der Waals surface area contributed by atoms with Gasteiger partial charge in [0, 0.05) is 11.6 Å². The van der Waals surface area contributed by atoms with Gasteiger partial charge in [-0.1, -0.05) is 0 Å². The number of H-pyrrole nitrogens is 1. The monoisotopic (exact) mass is 261 g/mol. The number of aromatic amines is 1. The normalized spacial score (nSPS) is 11.1. The van der Waals surface area contributed by atoms with E-state index >= 15 is 0 Å². The number of pyridine rings is 1. The van der Waals surface area contributed by atoms with Crippen LogP contribution in [0.3, 0.4) is 0 Å². The first-order valence-corrected chi connectivity index (χ1v) is 5.51. The Balaban J connectivity index is 0.00000128. The molecule has 5 nitrogen and oxygen atoms in total. The number of benzene rings is 1. The van der Waals surface area contributed by atoms with Crippen molar-refractivity contribution in [2.75, 3.05) is 0 Å². The standard InChI is InChI=1S/C9H7NO4S.ClH/c11-9-4-1-6-5-7(15(12,13)14)2-3-8(6)10-9;/h1-5H,(H,10,11)(H,12,13,14);1H. The minimum Gasteiger partial charge on any atom is -0.322 e. The summed E-state index contributed by atoms with van der Waals surface area (Å²) in [4.78, 5) is 13.3. The Hall–Kier alpha value is -1.37. The lowest BCUT2D eigenvalue weighted by atomic mass is 10.2. The first-order chi connectivity index (χ1) is 6.97. The van der Waals surface area contributed by atoms with Crippen molar-refractivity contribution in [2.24, 2.45) is 0 Å². The molecule has 86 valence electrons. The fourth-order valence-electron chi connectivity index (χ4n) is 1.29. The van der Waals surface area contributed by atoms with E-state index in [2.05, 4.69) is 4.98 Å². The minimum absolute atomic E-state index is 0. The van der Waals surface area contributed by atoms with Gasteiger partial charge in [-0.2, -0.15) is 8.42 Å². The third-order valence-corrected chi connectivity index (χ3v) is 2.84. The molecule has 1 aromatic heterocycles. The smallest absolute Gasteiger partial charge is 0.294 e. The molecule has 0 fully saturated rings. The van der Waals surface area contributed by atoms with E-state index in [1.54, 1.807) is 0 Å². The number of rotatable bonds is 1. The maximum atomic E-state index is 10.9. The molecule has 0 bridgehead atoms. The fourth-order valence-corrected chi connectivity index (χ4v) is 1.81. The van der Waals surface area contributed by atoms with E-state index in [9.17, 15) is 13.2 Å². The zero-order chi connectivity index (χ0) is 11.1. The molecule has 0 spiro atoms. The second-order valence-corrected chi connectivity index (χ2v) is 4.47. The highest BCUT2D eigenvalue weighted by Crippen LogP contribution is 2.15. The van der Waals surface area contributed by atoms with Crippen LogP contribution in [-0.4, -0.2) is 18.0 Å². The maximum absolute atomic E-state index is 10.9. The summed E-state index contributed by atoms with van der Waals surface area (Å²) in [5.41, 5.74) is 0.261. The van der Waals surface area contributed by atoms with Crippen molar-refractivity contribution in [1.29, 1.82) is 0 Å². The van der Waals surface area contributed by atoms with Crippen molar-refractivity contribution >= 4 is 33.4 Å². The predicted molar refractivity (Wildman–Crippen MR) is 61.6 cm³/mol. The molecule has 0 aliphatic rings.